The third-order valence-corrected chi connectivity index (χ3v) is 7.96. The zero-order chi connectivity index (χ0) is 25.4. The predicted octanol–water partition coefficient (Wildman–Crippen LogP) is 6.64. The van der Waals surface area contributed by atoms with Gasteiger partial charge in [-0.2, -0.15) is 0 Å². The molecule has 2 aliphatic rings. The van der Waals surface area contributed by atoms with Crippen LogP contribution in [0, 0.1) is 13.8 Å². The van der Waals surface area contributed by atoms with Gasteiger partial charge in [0.1, 0.15) is 11.5 Å². The molecule has 1 saturated heterocycles. The molecule has 1 aromatic carbocycles. The monoisotopic (exact) mass is 512 g/mol. The lowest BCUT2D eigenvalue weighted by molar-refractivity contribution is 0.210. The smallest absolute Gasteiger partial charge is 0.174 e. The lowest BCUT2D eigenvalue weighted by Gasteiger charge is -2.28. The molecule has 2 atom stereocenters. The van der Waals surface area contributed by atoms with Crippen molar-refractivity contribution < 1.29 is 9.15 Å². The Bertz CT molecular complexity index is 1360. The van der Waals surface area contributed by atoms with E-state index in [1.165, 1.54) is 29.8 Å². The number of furan rings is 1. The van der Waals surface area contributed by atoms with Crippen LogP contribution in [0.5, 0.6) is 5.75 Å². The molecule has 0 bridgehead atoms. The maximum atomic E-state index is 6.22. The maximum Gasteiger partial charge on any atom is 0.174 e. The van der Waals surface area contributed by atoms with Crippen molar-refractivity contribution in [3.05, 3.63) is 102 Å². The summed E-state index contributed by atoms with van der Waals surface area (Å²) < 4.78 is 14.2. The molecule has 1 aliphatic carbocycles. The second-order valence-electron chi connectivity index (χ2n) is 10.0. The molecule has 1 saturated carbocycles. The number of ether oxygens (including phenoxy) is 1. The van der Waals surface area contributed by atoms with E-state index in [1.807, 2.05) is 30.5 Å². The minimum Gasteiger partial charge on any atom is -0.490 e. The average molecular weight is 513 g/mol. The summed E-state index contributed by atoms with van der Waals surface area (Å²) in [6.07, 6.45) is 8.70. The van der Waals surface area contributed by atoms with Crippen LogP contribution in [0.25, 0.3) is 0 Å². The first-order chi connectivity index (χ1) is 18.1. The van der Waals surface area contributed by atoms with Crippen molar-refractivity contribution in [1.82, 2.24) is 14.9 Å². The molecular weight excluding hydrogens is 480 g/mol. The second kappa shape index (κ2) is 10.1. The van der Waals surface area contributed by atoms with Crippen molar-refractivity contribution >= 4 is 23.0 Å². The highest BCUT2D eigenvalue weighted by Crippen LogP contribution is 2.43. The fraction of sp³-hybridized carbons (Fsp3) is 0.333. The number of aromatic nitrogens is 2. The summed E-state index contributed by atoms with van der Waals surface area (Å²) in [5, 5.41) is 4.27. The van der Waals surface area contributed by atoms with Gasteiger partial charge in [0.05, 0.1) is 36.7 Å². The molecular formula is C30H32N4O2S. The first kappa shape index (κ1) is 23.8. The Kier molecular flexibility index (Phi) is 6.47. The zero-order valence-corrected chi connectivity index (χ0v) is 22.1. The Hall–Kier alpha value is -3.58. The quantitative estimate of drug-likeness (QED) is 0.280. The predicted molar refractivity (Wildman–Crippen MR) is 149 cm³/mol. The molecule has 6 nitrogen and oxygen atoms in total. The van der Waals surface area contributed by atoms with E-state index in [-0.39, 0.29) is 12.1 Å². The number of thiocarbonyl (C=S) groups is 1. The Morgan fingerprint density at radius 2 is 1.86 bits per heavy atom. The van der Waals surface area contributed by atoms with E-state index in [0.717, 1.165) is 35.7 Å². The summed E-state index contributed by atoms with van der Waals surface area (Å²) in [5.74, 6) is 1.85. The first-order valence-electron chi connectivity index (χ1n) is 13.0. The number of hydrogen-bond donors (Lipinski definition) is 1. The number of rotatable bonds is 7. The van der Waals surface area contributed by atoms with Gasteiger partial charge in [0.15, 0.2) is 5.11 Å². The van der Waals surface area contributed by atoms with Gasteiger partial charge in [-0.25, -0.2) is 0 Å². The number of hydrogen-bond acceptors (Lipinski definition) is 4. The van der Waals surface area contributed by atoms with Gasteiger partial charge in [-0.15, -0.1) is 0 Å². The van der Waals surface area contributed by atoms with Crippen LogP contribution in [0.4, 0.5) is 5.69 Å². The highest BCUT2D eigenvalue weighted by Gasteiger charge is 2.42. The average Bonchev–Trinajstić information content (AvgIpc) is 3.72. The van der Waals surface area contributed by atoms with E-state index in [1.54, 1.807) is 6.26 Å². The van der Waals surface area contributed by atoms with Crippen LogP contribution < -0.4 is 15.0 Å². The topological polar surface area (TPSA) is 55.5 Å². The van der Waals surface area contributed by atoms with Crippen LogP contribution >= 0.6 is 12.2 Å². The Morgan fingerprint density at radius 3 is 2.57 bits per heavy atom. The van der Waals surface area contributed by atoms with Gasteiger partial charge in [0.2, 0.25) is 0 Å². The van der Waals surface area contributed by atoms with Gasteiger partial charge in [-0.1, -0.05) is 6.07 Å². The molecule has 7 heteroatoms. The Balaban J connectivity index is 1.37. The van der Waals surface area contributed by atoms with Crippen LogP contribution in [0.2, 0.25) is 0 Å². The van der Waals surface area contributed by atoms with E-state index in [9.17, 15) is 0 Å². The number of aryl methyl sites for hydroxylation is 1. The van der Waals surface area contributed by atoms with Gasteiger partial charge < -0.3 is 23.9 Å². The molecule has 0 unspecified atom stereocenters. The first-order valence-corrected chi connectivity index (χ1v) is 13.5. The van der Waals surface area contributed by atoms with E-state index in [0.29, 0.717) is 17.8 Å². The van der Waals surface area contributed by atoms with Crippen LogP contribution in [-0.2, 0) is 6.54 Å². The number of benzene rings is 1. The minimum absolute atomic E-state index is 0.0550. The van der Waals surface area contributed by atoms with E-state index in [2.05, 4.69) is 65.0 Å². The van der Waals surface area contributed by atoms with Crippen molar-refractivity contribution in [2.75, 3.05) is 4.90 Å². The SMILES string of the molecule is Cc1cc([C@H]2[C@@H](c3ccccn3)NC(=S)N2c2ccc(OC3CCCC3)cc2)c(C)n1Cc1ccco1. The maximum absolute atomic E-state index is 6.22. The lowest BCUT2D eigenvalue weighted by Crippen LogP contribution is -2.29. The van der Waals surface area contributed by atoms with Gasteiger partial charge in [-0.3, -0.25) is 4.98 Å². The Morgan fingerprint density at radius 1 is 1.05 bits per heavy atom. The Labute approximate surface area is 223 Å². The molecule has 4 heterocycles. The van der Waals surface area contributed by atoms with E-state index in [4.69, 9.17) is 26.4 Å². The van der Waals surface area contributed by atoms with Crippen molar-refractivity contribution in [1.29, 1.82) is 0 Å². The van der Waals surface area contributed by atoms with Gasteiger partial charge in [-0.05, 0) is 112 Å². The number of nitrogens with zero attached hydrogens (tertiary/aromatic N) is 3. The molecule has 0 radical (unpaired) electrons. The second-order valence-corrected chi connectivity index (χ2v) is 10.4. The summed E-state index contributed by atoms with van der Waals surface area (Å²) in [7, 11) is 0. The molecule has 190 valence electrons. The van der Waals surface area contributed by atoms with Crippen LogP contribution in [0.15, 0.2) is 77.5 Å². The third kappa shape index (κ3) is 4.64. The summed E-state index contributed by atoms with van der Waals surface area (Å²) >= 11 is 5.94. The summed E-state index contributed by atoms with van der Waals surface area (Å²) in [6.45, 7) is 5.02. The highest BCUT2D eigenvalue weighted by atomic mass is 32.1. The van der Waals surface area contributed by atoms with Gasteiger partial charge in [0, 0.05) is 23.3 Å². The molecule has 1 aliphatic heterocycles. The zero-order valence-electron chi connectivity index (χ0n) is 21.3. The number of nitrogens with one attached hydrogen (secondary N) is 1. The summed E-state index contributed by atoms with van der Waals surface area (Å²) in [6, 6.07) is 20.5. The van der Waals surface area contributed by atoms with Crippen LogP contribution in [0.1, 0.15) is 66.2 Å². The lowest BCUT2D eigenvalue weighted by atomic mass is 9.96. The van der Waals surface area contributed by atoms with Crippen LogP contribution in [-0.4, -0.2) is 20.8 Å². The molecule has 6 rings (SSSR count). The van der Waals surface area contributed by atoms with Gasteiger partial charge >= 0.3 is 0 Å². The minimum atomic E-state index is -0.0827. The molecule has 0 amide bonds. The highest BCUT2D eigenvalue weighted by molar-refractivity contribution is 7.80. The normalized spacial score (nSPS) is 19.9. The number of anilines is 1. The van der Waals surface area contributed by atoms with Crippen molar-refractivity contribution in [3.63, 3.8) is 0 Å². The molecule has 3 aromatic heterocycles. The molecule has 1 N–H and O–H groups in total. The third-order valence-electron chi connectivity index (χ3n) is 7.64. The van der Waals surface area contributed by atoms with Crippen molar-refractivity contribution in [2.45, 2.75) is 64.3 Å². The summed E-state index contributed by atoms with van der Waals surface area (Å²) in [4.78, 5) is 6.93. The number of pyridine rings is 1. The summed E-state index contributed by atoms with van der Waals surface area (Å²) in [5.41, 5.74) is 5.60. The molecule has 2 fully saturated rings. The van der Waals surface area contributed by atoms with Crippen molar-refractivity contribution in [3.8, 4) is 5.75 Å². The van der Waals surface area contributed by atoms with E-state index >= 15 is 0 Å². The molecule has 0 spiro atoms. The fourth-order valence-corrected chi connectivity index (χ4v) is 6.11. The van der Waals surface area contributed by atoms with Crippen molar-refractivity contribution in [2.24, 2.45) is 0 Å². The fourth-order valence-electron chi connectivity index (χ4n) is 5.76. The van der Waals surface area contributed by atoms with E-state index < -0.39 is 0 Å². The largest absolute Gasteiger partial charge is 0.490 e. The molecule has 4 aromatic rings. The van der Waals surface area contributed by atoms with Gasteiger partial charge in [0.25, 0.3) is 0 Å². The molecule has 37 heavy (non-hydrogen) atoms. The standard InChI is InChI=1S/C30H32N4O2S/c1-20-18-26(21(2)33(20)19-25-10-7-17-35-25)29-28(27-11-5-6-16-31-27)32-30(37)34(29)22-12-14-24(15-13-22)36-23-8-3-4-9-23/h5-7,10-18,23,28-29H,3-4,8-9,19H2,1-2H3,(H,32,37)/t28-,29+/m1/s1. The van der Waals surface area contributed by atoms with Crippen LogP contribution in [0.3, 0.4) is 0 Å².